The molecule has 12 saturated carbocycles. The molecule has 19 rings (SSSR count). The molecule has 12 aliphatic carbocycles. The molecule has 28 atom stereocenters. The number of morpholine rings is 2. The van der Waals surface area contributed by atoms with Gasteiger partial charge in [0.05, 0.1) is 80.7 Å². The Bertz CT molecular complexity index is 3690. The molecule has 108 heavy (non-hydrogen) atoms. The minimum atomic E-state index is -1.25. The zero-order chi connectivity index (χ0) is 76.4. The van der Waals surface area contributed by atoms with Crippen molar-refractivity contribution in [1.82, 2.24) is 28.9 Å². The van der Waals surface area contributed by atoms with Crippen molar-refractivity contribution >= 4 is 24.0 Å². The second kappa shape index (κ2) is 26.2. The Morgan fingerprint density at radius 1 is 0.593 bits per heavy atom. The Kier molecular flexibility index (Phi) is 18.6. The van der Waals surface area contributed by atoms with Gasteiger partial charge in [-0.3, -0.25) is 18.7 Å². The van der Waals surface area contributed by atoms with E-state index in [0.29, 0.717) is 117 Å². The zero-order valence-electron chi connectivity index (χ0n) is 67.3. The Balaban J connectivity index is 0.000000137. The number of rotatable bonds is 11. The molecule has 7 heterocycles. The van der Waals surface area contributed by atoms with Crippen molar-refractivity contribution in [3.05, 3.63) is 37.4 Å². The average Bonchev–Trinajstić information content (AvgIpc) is 1.46. The summed E-state index contributed by atoms with van der Waals surface area (Å²) in [4.78, 5) is 60.9. The molecule has 2 amide bonds. The molecular weight excluding hydrogens is 1370 g/mol. The van der Waals surface area contributed by atoms with E-state index in [4.69, 9.17) is 37.9 Å². The first kappa shape index (κ1) is 76.5. The topological polar surface area (TPSA) is 265 Å². The molecule has 5 aliphatic heterocycles. The first-order valence-corrected chi connectivity index (χ1v) is 42.5. The highest BCUT2D eigenvalue weighted by Crippen LogP contribution is 2.91. The van der Waals surface area contributed by atoms with Crippen molar-refractivity contribution in [2.75, 3.05) is 39.4 Å². The maximum absolute atomic E-state index is 12.9. The molecule has 2 aromatic heterocycles. The molecule has 4 N–H and O–H groups in total. The van der Waals surface area contributed by atoms with Gasteiger partial charge in [-0.25, -0.2) is 19.6 Å². The molecule has 5 saturated heterocycles. The lowest BCUT2D eigenvalue weighted by Crippen LogP contribution is -2.60. The number of cyclic esters (lactones) is 2. The third-order valence-electron chi connectivity index (χ3n) is 35.4. The third-order valence-corrected chi connectivity index (χ3v) is 35.4. The van der Waals surface area contributed by atoms with Crippen LogP contribution in [0.3, 0.4) is 0 Å². The highest BCUT2D eigenvalue weighted by Gasteiger charge is 2.87. The van der Waals surface area contributed by atoms with Crippen molar-refractivity contribution in [1.29, 1.82) is 0 Å². The van der Waals surface area contributed by atoms with E-state index in [1.54, 1.807) is 38.6 Å². The second-order valence-electron chi connectivity index (χ2n) is 41.7. The molecule has 0 aromatic carbocycles. The molecule has 22 heteroatoms. The molecule has 1 unspecified atom stereocenters. The number of fused-ring (bicyclic) bond motifs is 8. The first-order valence-electron chi connectivity index (χ1n) is 42.5. The van der Waals surface area contributed by atoms with Crippen molar-refractivity contribution in [2.45, 2.75) is 323 Å². The maximum Gasteiger partial charge on any atom is 0.509 e. The van der Waals surface area contributed by atoms with E-state index in [0.717, 1.165) is 57.8 Å². The SMILES string of the molecule is C[C@@H]1C[C@H](C2OC(=O)OC2(C)C)O[C@H]2[C@H]1[C@@]1(C)CC[C@@]34C[C@@]35CC[C@H](O[C@H]3CN(C(=O)CC6CC6)CCO3)C(C)(C)[C@@H]5CC[C@H]4[C@]1(C)[C@H]2O.C[C@@H]1C[C@H]([C@H](O)C(C)(C)O)O[C@H]2[C@H]1[C@@]1(C)CC[C@@]34C[C@@]35CC[C@H](O[C@H]3CN(C(=O)CC6CC6)CCO3)C(C)(C)[C@@H]5CC[C@H]4[C@]1(C)[C@H]2O.O=C(n1ccnc1)n1ccnc1. The molecule has 0 radical (unpaired) electrons. The van der Waals surface area contributed by atoms with Crippen LogP contribution in [0.1, 0.15) is 238 Å². The van der Waals surface area contributed by atoms with Crippen LogP contribution in [0.5, 0.6) is 0 Å². The smallest absolute Gasteiger partial charge is 0.424 e. The van der Waals surface area contributed by atoms with Crippen LogP contribution in [-0.4, -0.2) is 198 Å². The van der Waals surface area contributed by atoms with E-state index < -0.39 is 47.9 Å². The summed E-state index contributed by atoms with van der Waals surface area (Å²) in [5, 5.41) is 46.7. The van der Waals surface area contributed by atoms with Gasteiger partial charge in [0, 0.05) is 61.5 Å². The Labute approximate surface area is 640 Å². The fraction of sp³-hybridized carbons (Fsp3) is 0.884. The molecule has 17 fully saturated rings. The molecule has 22 nitrogen and oxygen atoms in total. The number of nitrogens with zero attached hydrogens (tertiary/aromatic N) is 6. The van der Waals surface area contributed by atoms with Crippen molar-refractivity contribution in [2.24, 2.45) is 113 Å². The van der Waals surface area contributed by atoms with Gasteiger partial charge in [-0.2, -0.15) is 0 Å². The van der Waals surface area contributed by atoms with Crippen LogP contribution in [-0.2, 0) is 47.5 Å². The standard InChI is InChI=1S/C40H61NO8.C39H63NO7.C7H6N4O/c1-22-18-24(33-36(4,5)49-34(44)48-33)46-31-30(22)37(6)14-15-40-21-39(40)13-12-27(35(2,3)25(39)10-11-26(40)38(37,7)32(31)43)47-29-20-41(16-17-45-29)28(42)19-23-8-9-23;1-22-18-24(32(42)35(4,5)44)46-31-30(22)36(6)14-15-39-21-38(39)13-12-27(34(2,3)25(38)10-11-26(39)37(36,7)33(31)43)47-29-20-40(16-17-45-29)28(41)19-23-8-9-23;12-7(10-3-1-8-5-10)11-4-2-9-6-11/h22-27,29-33,43H,8-21H2,1-7H3;22-27,29-33,42-44H,8-21H2,1-7H3;1-6H/t22-,24-,25+,26+,27+,29+,30+,31+,32+,33?,37-,38-,39-,40+;22-,24-,25+,26+,27+,29+,30+,31+,32+,33+,36-,37-,38-,39+;/m11./s1. The summed E-state index contributed by atoms with van der Waals surface area (Å²) >= 11 is 0. The number of hydrogen-bond acceptors (Lipinski definition) is 18. The Morgan fingerprint density at radius 3 is 1.44 bits per heavy atom. The summed E-state index contributed by atoms with van der Waals surface area (Å²) in [6.45, 7) is 34.8. The number of imidazole rings is 2. The van der Waals surface area contributed by atoms with Crippen LogP contribution >= 0.6 is 0 Å². The highest BCUT2D eigenvalue weighted by molar-refractivity contribution is 5.79. The molecule has 2 aromatic rings. The van der Waals surface area contributed by atoms with Gasteiger partial charge in [0.15, 0.2) is 18.7 Å². The zero-order valence-corrected chi connectivity index (χ0v) is 67.3. The first-order chi connectivity index (χ1) is 50.9. The summed E-state index contributed by atoms with van der Waals surface area (Å²) in [5.41, 5.74) is -1.49. The normalized spacial score (nSPS) is 48.2. The largest absolute Gasteiger partial charge is 0.509 e. The number of aliphatic hydroxyl groups excluding tert-OH is 3. The lowest BCUT2D eigenvalue weighted by Gasteiger charge is -2.64. The van der Waals surface area contributed by atoms with Crippen molar-refractivity contribution < 1.29 is 77.5 Å². The van der Waals surface area contributed by atoms with Crippen LogP contribution in [0.25, 0.3) is 0 Å². The number of hydrogen-bond donors (Lipinski definition) is 4. The number of carbonyl (C=O) groups is 4. The lowest BCUT2D eigenvalue weighted by molar-refractivity contribution is -0.248. The molecular formula is C86H130N6O16. The summed E-state index contributed by atoms with van der Waals surface area (Å²) in [5.74, 6) is 4.88. The van der Waals surface area contributed by atoms with Crippen molar-refractivity contribution in [3.63, 3.8) is 0 Å². The number of aliphatic hydroxyl groups is 4. The minimum Gasteiger partial charge on any atom is -0.424 e. The second-order valence-corrected chi connectivity index (χ2v) is 41.7. The van der Waals surface area contributed by atoms with E-state index in [-0.39, 0.29) is 116 Å². The van der Waals surface area contributed by atoms with E-state index in [2.05, 4.69) is 79.2 Å². The molecule has 4 spiro atoms. The fourth-order valence-electron chi connectivity index (χ4n) is 29.5. The number of carbonyl (C=O) groups excluding carboxylic acids is 4. The van der Waals surface area contributed by atoms with Gasteiger partial charge in [-0.1, -0.05) is 69.2 Å². The number of ether oxygens (including phenoxy) is 8. The summed E-state index contributed by atoms with van der Waals surface area (Å²) in [6.07, 6.45) is 27.9. The van der Waals surface area contributed by atoms with E-state index >= 15 is 0 Å². The summed E-state index contributed by atoms with van der Waals surface area (Å²) in [7, 11) is 0. The van der Waals surface area contributed by atoms with Crippen LogP contribution in [0.2, 0.25) is 0 Å². The van der Waals surface area contributed by atoms with Gasteiger partial charge >= 0.3 is 12.2 Å². The predicted molar refractivity (Wildman–Crippen MR) is 398 cm³/mol. The van der Waals surface area contributed by atoms with Gasteiger partial charge in [-0.05, 0) is 259 Å². The quantitative estimate of drug-likeness (QED) is 0.152. The van der Waals surface area contributed by atoms with E-state index in [9.17, 15) is 39.6 Å². The Morgan fingerprint density at radius 2 is 1.03 bits per heavy atom. The molecule has 0 bridgehead atoms. The van der Waals surface area contributed by atoms with Gasteiger partial charge in [0.25, 0.3) is 0 Å². The van der Waals surface area contributed by atoms with Crippen LogP contribution in [0.4, 0.5) is 9.59 Å². The van der Waals surface area contributed by atoms with E-state index in [1.165, 1.54) is 86.0 Å². The van der Waals surface area contributed by atoms with Gasteiger partial charge in [-0.15, -0.1) is 0 Å². The lowest BCUT2D eigenvalue weighted by atomic mass is 9.41. The predicted octanol–water partition coefficient (Wildman–Crippen LogP) is 12.4. The number of amides is 2. The minimum absolute atomic E-state index is 0.00124. The Hall–Kier alpha value is -4.10. The van der Waals surface area contributed by atoms with Crippen LogP contribution in [0, 0.1) is 113 Å². The highest BCUT2D eigenvalue weighted by atomic mass is 16.8. The van der Waals surface area contributed by atoms with E-state index in [1.807, 2.05) is 23.6 Å². The van der Waals surface area contributed by atoms with Gasteiger partial charge < -0.3 is 68.1 Å². The molecule has 600 valence electrons. The van der Waals surface area contributed by atoms with Crippen LogP contribution in [0.15, 0.2) is 37.4 Å². The fourth-order valence-corrected chi connectivity index (χ4v) is 29.5. The maximum atomic E-state index is 12.9. The van der Waals surface area contributed by atoms with Gasteiger partial charge in [0.1, 0.15) is 24.4 Å². The summed E-state index contributed by atoms with van der Waals surface area (Å²) in [6, 6.07) is -0.190. The third kappa shape index (κ3) is 11.5. The van der Waals surface area contributed by atoms with Crippen LogP contribution < -0.4 is 0 Å². The summed E-state index contributed by atoms with van der Waals surface area (Å²) < 4.78 is 53.5. The number of aromatic nitrogens is 4. The van der Waals surface area contributed by atoms with Crippen molar-refractivity contribution in [3.8, 4) is 0 Å². The average molecular weight is 1500 g/mol. The van der Waals surface area contributed by atoms with Gasteiger partial charge in [0.2, 0.25) is 11.8 Å². The monoisotopic (exact) mass is 1500 g/mol. The molecule has 17 aliphatic rings.